The van der Waals surface area contributed by atoms with Crippen LogP contribution in [0.1, 0.15) is 19.4 Å². The number of hydrogen-bond donors (Lipinski definition) is 1. The Morgan fingerprint density at radius 1 is 0.903 bits per heavy atom. The Balaban J connectivity index is 1.42. The molecule has 3 heterocycles. The van der Waals surface area contributed by atoms with Crippen LogP contribution in [0.15, 0.2) is 55.0 Å². The summed E-state index contributed by atoms with van der Waals surface area (Å²) in [5.74, 6) is 1.59. The van der Waals surface area contributed by atoms with Crippen molar-refractivity contribution in [2.45, 2.75) is 20.8 Å². The van der Waals surface area contributed by atoms with E-state index < -0.39 is 0 Å². The molecule has 1 aliphatic heterocycles. The lowest BCUT2D eigenvalue weighted by molar-refractivity contribution is 0.640. The molecule has 4 rings (SSSR count). The summed E-state index contributed by atoms with van der Waals surface area (Å²) in [5, 5.41) is 3.47. The molecule has 0 bridgehead atoms. The lowest BCUT2D eigenvalue weighted by Gasteiger charge is -2.36. The highest BCUT2D eigenvalue weighted by atomic mass is 15.3. The number of aromatic nitrogens is 3. The smallest absolute Gasteiger partial charge is 0.227 e. The van der Waals surface area contributed by atoms with Gasteiger partial charge in [0.15, 0.2) is 0 Å². The highest BCUT2D eigenvalue weighted by Gasteiger charge is 2.19. The van der Waals surface area contributed by atoms with E-state index in [2.05, 4.69) is 81.1 Å². The zero-order chi connectivity index (χ0) is 21.6. The average Bonchev–Trinajstić information content (AvgIpc) is 2.82. The summed E-state index contributed by atoms with van der Waals surface area (Å²) < 4.78 is 0. The van der Waals surface area contributed by atoms with Crippen LogP contribution in [0.2, 0.25) is 0 Å². The predicted octanol–water partition coefficient (Wildman–Crippen LogP) is 4.10. The van der Waals surface area contributed by atoms with E-state index in [-0.39, 0.29) is 0 Å². The topological polar surface area (TPSA) is 60.4 Å². The zero-order valence-corrected chi connectivity index (χ0v) is 18.6. The molecule has 1 aromatic carbocycles. The molecule has 1 saturated heterocycles. The molecule has 0 saturated carbocycles. The van der Waals surface area contributed by atoms with Crippen molar-refractivity contribution in [3.05, 3.63) is 60.6 Å². The molecule has 0 amide bonds. The zero-order valence-electron chi connectivity index (χ0n) is 18.6. The molecule has 2 aromatic heterocycles. The monoisotopic (exact) mass is 417 g/mol. The number of pyridine rings is 1. The Morgan fingerprint density at radius 2 is 1.61 bits per heavy atom. The summed E-state index contributed by atoms with van der Waals surface area (Å²) in [4.78, 5) is 20.4. The maximum atomic E-state index is 4.79. The van der Waals surface area contributed by atoms with Gasteiger partial charge in [-0.3, -0.25) is 4.98 Å². The maximum absolute atomic E-state index is 4.79. The molecule has 1 N–H and O–H groups in total. The highest BCUT2D eigenvalue weighted by Crippen LogP contribution is 2.26. The Labute approximate surface area is 184 Å². The second-order valence-electron chi connectivity index (χ2n) is 7.72. The van der Waals surface area contributed by atoms with Crippen LogP contribution in [0.25, 0.3) is 0 Å². The van der Waals surface area contributed by atoms with Crippen molar-refractivity contribution in [1.29, 1.82) is 0 Å². The summed E-state index contributed by atoms with van der Waals surface area (Å²) in [6.45, 7) is 12.2. The van der Waals surface area contributed by atoms with Gasteiger partial charge < -0.3 is 20.0 Å². The number of hydrogen-bond acceptors (Lipinski definition) is 7. The van der Waals surface area contributed by atoms with E-state index in [1.165, 1.54) is 16.9 Å². The summed E-state index contributed by atoms with van der Waals surface area (Å²) in [6, 6.07) is 12.6. The molecule has 7 heteroatoms. The molecule has 1 fully saturated rings. The van der Waals surface area contributed by atoms with Crippen molar-refractivity contribution in [2.75, 3.05) is 59.3 Å². The van der Waals surface area contributed by atoms with E-state index in [9.17, 15) is 0 Å². The molecule has 31 heavy (non-hydrogen) atoms. The van der Waals surface area contributed by atoms with Crippen molar-refractivity contribution < 1.29 is 0 Å². The van der Waals surface area contributed by atoms with E-state index in [1.54, 1.807) is 0 Å². The van der Waals surface area contributed by atoms with Gasteiger partial charge >= 0.3 is 0 Å². The van der Waals surface area contributed by atoms with Crippen molar-refractivity contribution in [1.82, 2.24) is 15.0 Å². The molecular formula is C24H31N7. The first kappa shape index (κ1) is 20.9. The number of benzene rings is 1. The molecular weight excluding hydrogens is 386 g/mol. The second-order valence-corrected chi connectivity index (χ2v) is 7.72. The Hall–Kier alpha value is -3.35. The largest absolute Gasteiger partial charge is 0.372 e. The Bertz CT molecular complexity index is 980. The van der Waals surface area contributed by atoms with Gasteiger partial charge in [0.05, 0.1) is 0 Å². The van der Waals surface area contributed by atoms with E-state index in [4.69, 9.17) is 4.98 Å². The normalized spacial score (nSPS) is 13.9. The fourth-order valence-corrected chi connectivity index (χ4v) is 4.00. The number of nitrogens with zero attached hydrogens (tertiary/aromatic N) is 6. The molecule has 3 aromatic rings. The number of anilines is 5. The van der Waals surface area contributed by atoms with Crippen molar-refractivity contribution in [3.8, 4) is 0 Å². The molecule has 162 valence electrons. The van der Waals surface area contributed by atoms with Crippen molar-refractivity contribution >= 4 is 28.8 Å². The maximum Gasteiger partial charge on any atom is 0.227 e. The Kier molecular flexibility index (Phi) is 6.50. The first-order chi connectivity index (χ1) is 15.2. The van der Waals surface area contributed by atoms with Crippen LogP contribution in [0.4, 0.5) is 28.8 Å². The second kappa shape index (κ2) is 9.64. The number of piperazine rings is 1. The summed E-state index contributed by atoms with van der Waals surface area (Å²) >= 11 is 0. The minimum Gasteiger partial charge on any atom is -0.372 e. The van der Waals surface area contributed by atoms with Crippen LogP contribution in [0, 0.1) is 6.92 Å². The average molecular weight is 418 g/mol. The third-order valence-electron chi connectivity index (χ3n) is 5.83. The van der Waals surface area contributed by atoms with Crippen LogP contribution < -0.4 is 20.0 Å². The van der Waals surface area contributed by atoms with Crippen LogP contribution in [0.5, 0.6) is 0 Å². The number of aryl methyl sites for hydroxylation is 1. The SMILES string of the molecule is CCN(CC)c1ccc(Nc2ccnc(N3CCN(c4ccncc4)CC3)n2)c(C)c1. The summed E-state index contributed by atoms with van der Waals surface area (Å²) in [6.07, 6.45) is 5.52. The molecule has 0 radical (unpaired) electrons. The van der Waals surface area contributed by atoms with Gasteiger partial charge in [0, 0.05) is 74.9 Å². The van der Waals surface area contributed by atoms with Crippen LogP contribution in [0.3, 0.4) is 0 Å². The Morgan fingerprint density at radius 3 is 2.29 bits per heavy atom. The lowest BCUT2D eigenvalue weighted by atomic mass is 10.1. The molecule has 1 aliphatic rings. The first-order valence-electron chi connectivity index (χ1n) is 11.0. The van der Waals surface area contributed by atoms with E-state index in [0.29, 0.717) is 0 Å². The third-order valence-corrected chi connectivity index (χ3v) is 5.83. The molecule has 7 nitrogen and oxygen atoms in total. The highest BCUT2D eigenvalue weighted by molar-refractivity contribution is 5.65. The van der Waals surface area contributed by atoms with Gasteiger partial charge in [-0.25, -0.2) is 4.98 Å². The van der Waals surface area contributed by atoms with Gasteiger partial charge in [0.1, 0.15) is 5.82 Å². The fraction of sp³-hybridized carbons (Fsp3) is 0.375. The third kappa shape index (κ3) is 4.87. The van der Waals surface area contributed by atoms with Gasteiger partial charge in [0.2, 0.25) is 5.95 Å². The van der Waals surface area contributed by atoms with Gasteiger partial charge in [-0.15, -0.1) is 0 Å². The van der Waals surface area contributed by atoms with Crippen molar-refractivity contribution in [3.63, 3.8) is 0 Å². The van der Waals surface area contributed by atoms with Crippen LogP contribution >= 0.6 is 0 Å². The van der Waals surface area contributed by atoms with Gasteiger partial charge in [-0.1, -0.05) is 0 Å². The standard InChI is InChI=1S/C24H31N7/c1-4-29(5-2)21-6-7-22(19(3)18-21)27-23-10-13-26-24(28-23)31-16-14-30(15-17-31)20-8-11-25-12-9-20/h6-13,18H,4-5,14-17H2,1-3H3,(H,26,27,28). The van der Waals surface area contributed by atoms with Crippen LogP contribution in [-0.4, -0.2) is 54.2 Å². The van der Waals surface area contributed by atoms with Crippen LogP contribution in [-0.2, 0) is 0 Å². The van der Waals surface area contributed by atoms with Gasteiger partial charge in [-0.05, 0) is 62.7 Å². The number of nitrogens with one attached hydrogen (secondary N) is 1. The summed E-state index contributed by atoms with van der Waals surface area (Å²) in [7, 11) is 0. The summed E-state index contributed by atoms with van der Waals surface area (Å²) in [5.41, 5.74) is 4.75. The molecule has 0 aliphatic carbocycles. The first-order valence-corrected chi connectivity index (χ1v) is 11.0. The van der Waals surface area contributed by atoms with Gasteiger partial charge in [0.25, 0.3) is 0 Å². The minimum atomic E-state index is 0.775. The minimum absolute atomic E-state index is 0.775. The van der Waals surface area contributed by atoms with E-state index >= 15 is 0 Å². The van der Waals surface area contributed by atoms with E-state index in [1.807, 2.05) is 24.7 Å². The van der Waals surface area contributed by atoms with E-state index in [0.717, 1.165) is 56.7 Å². The molecule has 0 spiro atoms. The molecule has 0 unspecified atom stereocenters. The van der Waals surface area contributed by atoms with Gasteiger partial charge in [-0.2, -0.15) is 4.98 Å². The molecule has 0 atom stereocenters. The number of rotatable bonds is 7. The van der Waals surface area contributed by atoms with Crippen molar-refractivity contribution in [2.24, 2.45) is 0 Å². The fourth-order valence-electron chi connectivity index (χ4n) is 4.00. The lowest BCUT2D eigenvalue weighted by Crippen LogP contribution is -2.47. The predicted molar refractivity (Wildman–Crippen MR) is 129 cm³/mol. The quantitative estimate of drug-likeness (QED) is 0.621.